The number of amides is 2. The normalized spacial score (nSPS) is 15.5. The van der Waals surface area contributed by atoms with E-state index in [1.165, 1.54) is 0 Å². The molecule has 2 aromatic rings. The highest BCUT2D eigenvalue weighted by Crippen LogP contribution is 2.24. The Balaban J connectivity index is 1.70. The third kappa shape index (κ3) is 3.27. The fourth-order valence-electron chi connectivity index (χ4n) is 2.77. The molecule has 1 aliphatic rings. The zero-order valence-electron chi connectivity index (χ0n) is 13.2. The van der Waals surface area contributed by atoms with Gasteiger partial charge < -0.3 is 14.2 Å². The fourth-order valence-corrected chi connectivity index (χ4v) is 3.15. The summed E-state index contributed by atoms with van der Waals surface area (Å²) in [7, 11) is 0. The van der Waals surface area contributed by atoms with E-state index in [2.05, 4.69) is 15.9 Å². The average molecular weight is 379 g/mol. The molecule has 0 aliphatic carbocycles. The van der Waals surface area contributed by atoms with Crippen LogP contribution in [0.4, 0.5) is 0 Å². The van der Waals surface area contributed by atoms with Crippen molar-refractivity contribution in [1.29, 1.82) is 0 Å². The lowest BCUT2D eigenvalue weighted by molar-refractivity contribution is -0.135. The van der Waals surface area contributed by atoms with E-state index in [4.69, 9.17) is 4.42 Å². The second kappa shape index (κ2) is 6.35. The zero-order valence-corrected chi connectivity index (χ0v) is 14.8. The molecule has 2 heterocycles. The molecule has 0 unspecified atom stereocenters. The molecule has 0 atom stereocenters. The molecule has 1 aromatic heterocycles. The van der Waals surface area contributed by atoms with Crippen LogP contribution < -0.4 is 0 Å². The van der Waals surface area contributed by atoms with Crippen LogP contribution in [0, 0.1) is 5.92 Å². The zero-order chi connectivity index (χ0) is 16.6. The topological polar surface area (TPSA) is 53.8 Å². The molecular weight excluding hydrogens is 360 g/mol. The Morgan fingerprint density at radius 2 is 1.74 bits per heavy atom. The Labute approximate surface area is 143 Å². The first-order valence-corrected chi connectivity index (χ1v) is 8.52. The number of furan rings is 1. The molecule has 2 amide bonds. The van der Waals surface area contributed by atoms with Gasteiger partial charge in [-0.25, -0.2) is 0 Å². The first-order valence-electron chi connectivity index (χ1n) is 7.73. The Morgan fingerprint density at radius 1 is 1.09 bits per heavy atom. The summed E-state index contributed by atoms with van der Waals surface area (Å²) in [5.74, 6) is 0.368. The average Bonchev–Trinajstić information content (AvgIpc) is 2.96. The molecular formula is C17H19BrN2O3. The number of fused-ring (bicyclic) bond motifs is 1. The van der Waals surface area contributed by atoms with Crippen molar-refractivity contribution in [3.8, 4) is 0 Å². The summed E-state index contributed by atoms with van der Waals surface area (Å²) in [4.78, 5) is 28.1. The molecule has 23 heavy (non-hydrogen) atoms. The first-order chi connectivity index (χ1) is 11.0. The summed E-state index contributed by atoms with van der Waals surface area (Å²) < 4.78 is 6.61. The van der Waals surface area contributed by atoms with Crippen molar-refractivity contribution in [3.05, 3.63) is 34.5 Å². The number of benzene rings is 1. The highest BCUT2D eigenvalue weighted by atomic mass is 79.9. The minimum absolute atomic E-state index is 0.00827. The summed E-state index contributed by atoms with van der Waals surface area (Å²) in [5.41, 5.74) is 0.699. The van der Waals surface area contributed by atoms with E-state index in [9.17, 15) is 9.59 Å². The monoisotopic (exact) mass is 378 g/mol. The van der Waals surface area contributed by atoms with E-state index in [0.29, 0.717) is 37.5 Å². The van der Waals surface area contributed by atoms with Crippen molar-refractivity contribution in [3.63, 3.8) is 0 Å². The molecule has 1 saturated heterocycles. The number of nitrogens with zero attached hydrogens (tertiary/aromatic N) is 2. The third-order valence-electron chi connectivity index (χ3n) is 4.06. The van der Waals surface area contributed by atoms with E-state index >= 15 is 0 Å². The number of carbonyl (C=O) groups is 2. The number of carbonyl (C=O) groups excluding carboxylic acids is 2. The van der Waals surface area contributed by atoms with Crippen molar-refractivity contribution in [2.45, 2.75) is 13.8 Å². The molecule has 3 rings (SSSR count). The van der Waals surface area contributed by atoms with Gasteiger partial charge in [0.1, 0.15) is 5.58 Å². The number of rotatable bonds is 2. The van der Waals surface area contributed by atoms with Crippen LogP contribution in [0.3, 0.4) is 0 Å². The summed E-state index contributed by atoms with van der Waals surface area (Å²) in [6.45, 7) is 6.03. The van der Waals surface area contributed by atoms with E-state index in [1.54, 1.807) is 11.0 Å². The molecule has 122 valence electrons. The van der Waals surface area contributed by atoms with Gasteiger partial charge in [-0.05, 0) is 24.3 Å². The van der Waals surface area contributed by atoms with Crippen molar-refractivity contribution in [2.24, 2.45) is 5.92 Å². The van der Waals surface area contributed by atoms with Crippen LogP contribution in [0.25, 0.3) is 11.0 Å². The van der Waals surface area contributed by atoms with E-state index in [1.807, 2.05) is 36.9 Å². The van der Waals surface area contributed by atoms with Gasteiger partial charge in [-0.3, -0.25) is 9.59 Å². The van der Waals surface area contributed by atoms with Gasteiger partial charge in [0.15, 0.2) is 5.76 Å². The lowest BCUT2D eigenvalue weighted by Crippen LogP contribution is -2.51. The smallest absolute Gasteiger partial charge is 0.289 e. The molecule has 0 saturated carbocycles. The van der Waals surface area contributed by atoms with E-state index < -0.39 is 0 Å². The van der Waals surface area contributed by atoms with Gasteiger partial charge in [0.05, 0.1) is 0 Å². The predicted octanol–water partition coefficient (Wildman–Crippen LogP) is 3.14. The van der Waals surface area contributed by atoms with E-state index in [-0.39, 0.29) is 17.7 Å². The minimum Gasteiger partial charge on any atom is -0.451 e. The second-order valence-corrected chi connectivity index (χ2v) is 6.98. The largest absolute Gasteiger partial charge is 0.451 e. The van der Waals surface area contributed by atoms with Crippen LogP contribution in [-0.2, 0) is 4.79 Å². The van der Waals surface area contributed by atoms with Crippen LogP contribution in [0.5, 0.6) is 0 Å². The molecule has 1 fully saturated rings. The van der Waals surface area contributed by atoms with Crippen molar-refractivity contribution in [2.75, 3.05) is 26.2 Å². The Bertz CT molecular complexity index is 745. The van der Waals surface area contributed by atoms with Gasteiger partial charge in [0.2, 0.25) is 5.91 Å². The highest BCUT2D eigenvalue weighted by Gasteiger charge is 2.27. The maximum Gasteiger partial charge on any atom is 0.289 e. The van der Waals surface area contributed by atoms with Crippen molar-refractivity contribution in [1.82, 2.24) is 9.80 Å². The van der Waals surface area contributed by atoms with Crippen molar-refractivity contribution < 1.29 is 14.0 Å². The summed E-state index contributed by atoms with van der Waals surface area (Å²) >= 11 is 3.41. The third-order valence-corrected chi connectivity index (χ3v) is 4.55. The lowest BCUT2D eigenvalue weighted by Gasteiger charge is -2.35. The standard InChI is InChI=1S/C17H19BrN2O3/c1-11(2)16(21)19-5-7-20(8-6-19)17(22)15-10-12-9-13(18)3-4-14(12)23-15/h3-4,9-11H,5-8H2,1-2H3. The summed E-state index contributed by atoms with van der Waals surface area (Å²) in [6.07, 6.45) is 0. The lowest BCUT2D eigenvalue weighted by atomic mass is 10.1. The Morgan fingerprint density at radius 3 is 2.39 bits per heavy atom. The van der Waals surface area contributed by atoms with Crippen LogP contribution in [0.2, 0.25) is 0 Å². The SMILES string of the molecule is CC(C)C(=O)N1CCN(C(=O)c2cc3cc(Br)ccc3o2)CC1. The van der Waals surface area contributed by atoms with Crippen molar-refractivity contribution >= 4 is 38.7 Å². The van der Waals surface area contributed by atoms with Crippen LogP contribution >= 0.6 is 15.9 Å². The Kier molecular flexibility index (Phi) is 4.43. The summed E-state index contributed by atoms with van der Waals surface area (Å²) in [5, 5.41) is 0.899. The maximum atomic E-state index is 12.6. The number of hydrogen-bond donors (Lipinski definition) is 0. The van der Waals surface area contributed by atoms with Gasteiger partial charge in [-0.15, -0.1) is 0 Å². The molecule has 0 N–H and O–H groups in total. The molecule has 1 aromatic carbocycles. The molecule has 1 aliphatic heterocycles. The van der Waals surface area contributed by atoms with E-state index in [0.717, 1.165) is 9.86 Å². The van der Waals surface area contributed by atoms with Gasteiger partial charge in [-0.1, -0.05) is 29.8 Å². The maximum absolute atomic E-state index is 12.6. The number of piperazine rings is 1. The molecule has 0 radical (unpaired) electrons. The van der Waals surface area contributed by atoms with Gasteiger partial charge in [0.25, 0.3) is 5.91 Å². The second-order valence-electron chi connectivity index (χ2n) is 6.06. The Hall–Kier alpha value is -1.82. The van der Waals surface area contributed by atoms with Crippen LogP contribution in [0.15, 0.2) is 33.2 Å². The molecule has 0 bridgehead atoms. The first kappa shape index (κ1) is 16.1. The van der Waals surface area contributed by atoms with Gasteiger partial charge in [-0.2, -0.15) is 0 Å². The minimum atomic E-state index is -0.117. The molecule has 6 heteroatoms. The fraction of sp³-hybridized carbons (Fsp3) is 0.412. The molecule has 0 spiro atoms. The van der Waals surface area contributed by atoms with Crippen LogP contribution in [0.1, 0.15) is 24.4 Å². The predicted molar refractivity (Wildman–Crippen MR) is 91.2 cm³/mol. The number of halogens is 1. The number of hydrogen-bond acceptors (Lipinski definition) is 3. The van der Waals surface area contributed by atoms with Crippen LogP contribution in [-0.4, -0.2) is 47.8 Å². The molecule has 5 nitrogen and oxygen atoms in total. The quantitative estimate of drug-likeness (QED) is 0.806. The van der Waals surface area contributed by atoms with Gasteiger partial charge in [0, 0.05) is 42.0 Å². The summed E-state index contributed by atoms with van der Waals surface area (Å²) in [6, 6.07) is 7.43. The van der Waals surface area contributed by atoms with Gasteiger partial charge >= 0.3 is 0 Å². The highest BCUT2D eigenvalue weighted by molar-refractivity contribution is 9.10.